The molecule has 0 radical (unpaired) electrons. The maximum absolute atomic E-state index is 13.0. The summed E-state index contributed by atoms with van der Waals surface area (Å²) < 4.78 is 6.61. The number of H-pyrrole nitrogens is 1. The van der Waals surface area contributed by atoms with E-state index in [9.17, 15) is 4.79 Å². The quantitative estimate of drug-likeness (QED) is 0.623. The number of nitrogens with one attached hydrogen (secondary N) is 1. The Morgan fingerprint density at radius 3 is 2.40 bits per heavy atom. The van der Waals surface area contributed by atoms with Crippen molar-refractivity contribution in [2.24, 2.45) is 0 Å². The van der Waals surface area contributed by atoms with Crippen LogP contribution in [0, 0.1) is 6.92 Å². The summed E-state index contributed by atoms with van der Waals surface area (Å²) >= 11 is 0. The molecule has 4 rings (SSSR count). The summed E-state index contributed by atoms with van der Waals surface area (Å²) in [6, 6.07) is 19.1. The lowest BCUT2D eigenvalue weighted by Gasteiger charge is -2.07. The molecule has 0 aliphatic carbocycles. The molecule has 0 atom stereocenters. The van der Waals surface area contributed by atoms with Crippen molar-refractivity contribution in [1.82, 2.24) is 14.6 Å². The number of methoxy groups -OCH3 is 1. The van der Waals surface area contributed by atoms with Gasteiger partial charge in [-0.05, 0) is 24.6 Å². The summed E-state index contributed by atoms with van der Waals surface area (Å²) in [5.41, 5.74) is 4.53. The molecule has 25 heavy (non-hydrogen) atoms. The SMILES string of the molecule is COc1ccc(-c2c(C)[nH]c3cc(-c4ccccc4)nn3c2=O)cc1. The lowest BCUT2D eigenvalue weighted by Crippen LogP contribution is -2.19. The Bertz CT molecular complexity index is 1090. The van der Waals surface area contributed by atoms with Crippen molar-refractivity contribution in [3.05, 3.63) is 76.7 Å². The molecule has 4 aromatic rings. The number of aromatic nitrogens is 3. The van der Waals surface area contributed by atoms with Gasteiger partial charge in [-0.15, -0.1) is 0 Å². The van der Waals surface area contributed by atoms with Crippen LogP contribution in [0.5, 0.6) is 5.75 Å². The van der Waals surface area contributed by atoms with Crippen molar-refractivity contribution < 1.29 is 4.74 Å². The third-order valence-corrected chi connectivity index (χ3v) is 4.25. The number of rotatable bonds is 3. The molecule has 0 saturated carbocycles. The minimum absolute atomic E-state index is 0.140. The minimum Gasteiger partial charge on any atom is -0.497 e. The maximum atomic E-state index is 13.0. The first kappa shape index (κ1) is 15.2. The number of aromatic amines is 1. The second-order valence-corrected chi connectivity index (χ2v) is 5.85. The van der Waals surface area contributed by atoms with Gasteiger partial charge < -0.3 is 9.72 Å². The summed E-state index contributed by atoms with van der Waals surface area (Å²) in [7, 11) is 1.62. The van der Waals surface area contributed by atoms with Gasteiger partial charge in [-0.2, -0.15) is 9.61 Å². The summed E-state index contributed by atoms with van der Waals surface area (Å²) in [5.74, 6) is 0.754. The number of benzene rings is 2. The predicted molar refractivity (Wildman–Crippen MR) is 98.0 cm³/mol. The molecule has 0 saturated heterocycles. The van der Waals surface area contributed by atoms with Crippen LogP contribution in [-0.2, 0) is 0 Å². The first-order chi connectivity index (χ1) is 12.2. The highest BCUT2D eigenvalue weighted by atomic mass is 16.5. The number of hydrogen-bond acceptors (Lipinski definition) is 3. The number of nitrogens with zero attached hydrogens (tertiary/aromatic N) is 2. The predicted octanol–water partition coefficient (Wildman–Crippen LogP) is 3.67. The van der Waals surface area contributed by atoms with Gasteiger partial charge in [0.1, 0.15) is 11.4 Å². The highest BCUT2D eigenvalue weighted by Crippen LogP contribution is 2.23. The fourth-order valence-corrected chi connectivity index (χ4v) is 2.99. The zero-order chi connectivity index (χ0) is 17.4. The zero-order valence-corrected chi connectivity index (χ0v) is 14.0. The Kier molecular flexibility index (Phi) is 3.61. The van der Waals surface area contributed by atoms with E-state index in [1.54, 1.807) is 7.11 Å². The van der Waals surface area contributed by atoms with E-state index in [4.69, 9.17) is 4.74 Å². The molecular formula is C20H17N3O2. The Morgan fingerprint density at radius 2 is 1.72 bits per heavy atom. The molecule has 0 bridgehead atoms. The number of ether oxygens (including phenoxy) is 1. The Hall–Kier alpha value is -3.34. The van der Waals surface area contributed by atoms with E-state index in [-0.39, 0.29) is 5.56 Å². The van der Waals surface area contributed by atoms with Gasteiger partial charge in [-0.3, -0.25) is 4.79 Å². The lowest BCUT2D eigenvalue weighted by atomic mass is 10.1. The molecule has 2 heterocycles. The van der Waals surface area contributed by atoms with Gasteiger partial charge in [0.25, 0.3) is 5.56 Å². The van der Waals surface area contributed by atoms with Gasteiger partial charge in [0.15, 0.2) is 0 Å². The van der Waals surface area contributed by atoms with Crippen molar-refractivity contribution in [2.75, 3.05) is 7.11 Å². The topological polar surface area (TPSA) is 59.4 Å². The van der Waals surface area contributed by atoms with Crippen LogP contribution >= 0.6 is 0 Å². The molecular weight excluding hydrogens is 314 g/mol. The second kappa shape index (κ2) is 5.94. The number of fused-ring (bicyclic) bond motifs is 1. The van der Waals surface area contributed by atoms with Gasteiger partial charge >= 0.3 is 0 Å². The van der Waals surface area contributed by atoms with E-state index >= 15 is 0 Å². The highest BCUT2D eigenvalue weighted by molar-refractivity contribution is 5.69. The van der Waals surface area contributed by atoms with E-state index in [0.29, 0.717) is 11.2 Å². The molecule has 0 aliphatic heterocycles. The van der Waals surface area contributed by atoms with Gasteiger partial charge in [0.05, 0.1) is 18.4 Å². The normalized spacial score (nSPS) is 11.0. The molecule has 0 unspecified atom stereocenters. The maximum Gasteiger partial charge on any atom is 0.282 e. The molecule has 5 heteroatoms. The molecule has 0 spiro atoms. The first-order valence-corrected chi connectivity index (χ1v) is 8.00. The van der Waals surface area contributed by atoms with Crippen molar-refractivity contribution in [1.29, 1.82) is 0 Å². The van der Waals surface area contributed by atoms with Crippen molar-refractivity contribution in [3.63, 3.8) is 0 Å². The van der Waals surface area contributed by atoms with Crippen molar-refractivity contribution >= 4 is 5.65 Å². The van der Waals surface area contributed by atoms with E-state index in [1.807, 2.05) is 67.6 Å². The Labute approximate surface area is 144 Å². The Morgan fingerprint density at radius 1 is 1.00 bits per heavy atom. The van der Waals surface area contributed by atoms with E-state index in [2.05, 4.69) is 10.1 Å². The van der Waals surface area contributed by atoms with Gasteiger partial charge in [0.2, 0.25) is 0 Å². The van der Waals surface area contributed by atoms with E-state index in [0.717, 1.165) is 28.3 Å². The van der Waals surface area contributed by atoms with Crippen LogP contribution in [0.3, 0.4) is 0 Å². The summed E-state index contributed by atoms with van der Waals surface area (Å²) in [5, 5.41) is 4.49. The van der Waals surface area contributed by atoms with Crippen LogP contribution < -0.4 is 10.3 Å². The van der Waals surface area contributed by atoms with Crippen LogP contribution in [0.25, 0.3) is 28.0 Å². The summed E-state index contributed by atoms with van der Waals surface area (Å²) in [6.07, 6.45) is 0. The average Bonchev–Trinajstić information content (AvgIpc) is 3.07. The minimum atomic E-state index is -0.140. The van der Waals surface area contributed by atoms with E-state index in [1.165, 1.54) is 4.52 Å². The molecule has 0 amide bonds. The smallest absolute Gasteiger partial charge is 0.282 e. The molecule has 2 aromatic heterocycles. The third kappa shape index (κ3) is 2.59. The lowest BCUT2D eigenvalue weighted by molar-refractivity contribution is 0.415. The molecule has 124 valence electrons. The third-order valence-electron chi connectivity index (χ3n) is 4.25. The zero-order valence-electron chi connectivity index (χ0n) is 14.0. The highest BCUT2D eigenvalue weighted by Gasteiger charge is 2.14. The molecule has 2 aromatic carbocycles. The fourth-order valence-electron chi connectivity index (χ4n) is 2.99. The van der Waals surface area contributed by atoms with Gasteiger partial charge in [0, 0.05) is 17.3 Å². The van der Waals surface area contributed by atoms with Crippen LogP contribution in [0.2, 0.25) is 0 Å². The summed E-state index contributed by atoms with van der Waals surface area (Å²) in [4.78, 5) is 16.3. The number of aryl methyl sites for hydroxylation is 1. The van der Waals surface area contributed by atoms with Crippen LogP contribution in [0.1, 0.15) is 5.69 Å². The molecule has 0 aliphatic rings. The summed E-state index contributed by atoms with van der Waals surface area (Å²) in [6.45, 7) is 1.90. The van der Waals surface area contributed by atoms with Crippen LogP contribution in [0.4, 0.5) is 0 Å². The van der Waals surface area contributed by atoms with Crippen LogP contribution in [-0.4, -0.2) is 21.7 Å². The van der Waals surface area contributed by atoms with Gasteiger partial charge in [-0.1, -0.05) is 42.5 Å². The Balaban J connectivity index is 1.90. The number of hydrogen-bond donors (Lipinski definition) is 1. The first-order valence-electron chi connectivity index (χ1n) is 8.00. The molecule has 1 N–H and O–H groups in total. The monoisotopic (exact) mass is 331 g/mol. The second-order valence-electron chi connectivity index (χ2n) is 5.85. The molecule has 5 nitrogen and oxygen atoms in total. The average molecular weight is 331 g/mol. The fraction of sp³-hybridized carbons (Fsp3) is 0.100. The van der Waals surface area contributed by atoms with Crippen LogP contribution in [0.15, 0.2) is 65.5 Å². The van der Waals surface area contributed by atoms with Gasteiger partial charge in [-0.25, -0.2) is 0 Å². The molecule has 0 fully saturated rings. The standard InChI is InChI=1S/C20H17N3O2/c1-13-19(15-8-10-16(25-2)11-9-15)20(24)23-18(21-13)12-17(22-23)14-6-4-3-5-7-14/h3-12,21H,1-2H3. The van der Waals surface area contributed by atoms with E-state index < -0.39 is 0 Å². The van der Waals surface area contributed by atoms with Crippen molar-refractivity contribution in [2.45, 2.75) is 6.92 Å². The van der Waals surface area contributed by atoms with Crippen molar-refractivity contribution in [3.8, 4) is 28.1 Å². The largest absolute Gasteiger partial charge is 0.497 e.